The second kappa shape index (κ2) is 5.51. The lowest BCUT2D eigenvalue weighted by Gasteiger charge is -2.10. The first kappa shape index (κ1) is 13.3. The van der Waals surface area contributed by atoms with Crippen LogP contribution in [0.25, 0.3) is 0 Å². The molecule has 0 aliphatic heterocycles. The van der Waals surface area contributed by atoms with E-state index in [1.807, 2.05) is 0 Å². The van der Waals surface area contributed by atoms with Gasteiger partial charge in [-0.3, -0.25) is 4.79 Å². The third-order valence-electron chi connectivity index (χ3n) is 1.99. The van der Waals surface area contributed by atoms with Crippen molar-refractivity contribution in [1.29, 1.82) is 0 Å². The van der Waals surface area contributed by atoms with Gasteiger partial charge in [0, 0.05) is 6.20 Å². The Hall–Kier alpha value is -1.79. The molecule has 0 aromatic carbocycles. The summed E-state index contributed by atoms with van der Waals surface area (Å²) in [5.74, 6) is -3.38. The van der Waals surface area contributed by atoms with Gasteiger partial charge < -0.3 is 9.84 Å². The first-order valence-corrected chi connectivity index (χ1v) is 4.77. The molecule has 17 heavy (non-hydrogen) atoms. The molecule has 0 saturated heterocycles. The molecule has 0 amide bonds. The largest absolute Gasteiger partial charge is 0.503 e. The molecule has 0 unspecified atom stereocenters. The smallest absolute Gasteiger partial charge is 0.310 e. The molecular weight excluding hydrogens is 239 g/mol. The SMILES string of the molecule is CCOC(=O)Cc1cnc(F)c(O)c1C(F)F. The third-order valence-corrected chi connectivity index (χ3v) is 1.99. The number of alkyl halides is 2. The molecule has 0 bridgehead atoms. The number of halogens is 3. The van der Waals surface area contributed by atoms with Crippen LogP contribution in [0.2, 0.25) is 0 Å². The molecule has 0 atom stereocenters. The molecule has 1 rings (SSSR count). The molecule has 0 saturated carbocycles. The minimum atomic E-state index is -3.10. The predicted octanol–water partition coefficient (Wildman–Crippen LogP) is 1.97. The van der Waals surface area contributed by atoms with Gasteiger partial charge in [0.15, 0.2) is 5.75 Å². The number of carbonyl (C=O) groups excluding carboxylic acids is 1. The van der Waals surface area contributed by atoms with Crippen molar-refractivity contribution in [2.75, 3.05) is 6.61 Å². The fourth-order valence-corrected chi connectivity index (χ4v) is 1.28. The summed E-state index contributed by atoms with van der Waals surface area (Å²) in [4.78, 5) is 14.2. The number of aromatic nitrogens is 1. The summed E-state index contributed by atoms with van der Waals surface area (Å²) in [5.41, 5.74) is -1.18. The number of aromatic hydroxyl groups is 1. The number of esters is 1. The van der Waals surface area contributed by atoms with Crippen molar-refractivity contribution in [1.82, 2.24) is 4.98 Å². The molecule has 0 radical (unpaired) electrons. The minimum absolute atomic E-state index is 0.101. The normalized spacial score (nSPS) is 10.6. The molecule has 1 N–H and O–H groups in total. The molecule has 94 valence electrons. The lowest BCUT2D eigenvalue weighted by molar-refractivity contribution is -0.142. The molecule has 1 heterocycles. The Labute approximate surface area is 95.0 Å². The summed E-state index contributed by atoms with van der Waals surface area (Å²) in [6.07, 6.45) is -2.81. The first-order valence-electron chi connectivity index (χ1n) is 4.77. The highest BCUT2D eigenvalue weighted by atomic mass is 19.3. The van der Waals surface area contributed by atoms with Crippen LogP contribution in [0, 0.1) is 5.95 Å². The quantitative estimate of drug-likeness (QED) is 0.654. The monoisotopic (exact) mass is 249 g/mol. The third kappa shape index (κ3) is 3.08. The molecule has 0 aliphatic rings. The van der Waals surface area contributed by atoms with Crippen LogP contribution in [-0.2, 0) is 16.0 Å². The average Bonchev–Trinajstić information content (AvgIpc) is 2.23. The van der Waals surface area contributed by atoms with Gasteiger partial charge in [-0.05, 0) is 12.5 Å². The Balaban J connectivity index is 3.07. The van der Waals surface area contributed by atoms with Crippen molar-refractivity contribution < 1.29 is 27.8 Å². The summed E-state index contributed by atoms with van der Waals surface area (Å²) in [6, 6.07) is 0. The maximum absolute atomic E-state index is 12.8. The van der Waals surface area contributed by atoms with E-state index >= 15 is 0 Å². The Bertz CT molecular complexity index is 424. The summed E-state index contributed by atoms with van der Waals surface area (Å²) >= 11 is 0. The van der Waals surface area contributed by atoms with E-state index in [1.54, 1.807) is 6.92 Å². The molecule has 0 spiro atoms. The van der Waals surface area contributed by atoms with E-state index in [-0.39, 0.29) is 12.2 Å². The lowest BCUT2D eigenvalue weighted by atomic mass is 10.1. The highest BCUT2D eigenvalue weighted by Gasteiger charge is 2.23. The second-order valence-corrected chi connectivity index (χ2v) is 3.12. The Kier molecular flexibility index (Phi) is 4.30. The van der Waals surface area contributed by atoms with Crippen LogP contribution in [0.1, 0.15) is 24.5 Å². The topological polar surface area (TPSA) is 59.4 Å². The van der Waals surface area contributed by atoms with Gasteiger partial charge in [0.25, 0.3) is 12.4 Å². The van der Waals surface area contributed by atoms with Crippen LogP contribution < -0.4 is 0 Å². The maximum atomic E-state index is 12.8. The number of hydrogen-bond donors (Lipinski definition) is 1. The van der Waals surface area contributed by atoms with E-state index in [0.29, 0.717) is 0 Å². The molecule has 1 aromatic heterocycles. The molecule has 7 heteroatoms. The molecule has 0 fully saturated rings. The molecule has 0 aliphatic carbocycles. The average molecular weight is 249 g/mol. The zero-order valence-corrected chi connectivity index (χ0v) is 8.91. The molecular formula is C10H10F3NO3. The second-order valence-electron chi connectivity index (χ2n) is 3.12. The van der Waals surface area contributed by atoms with Crippen molar-refractivity contribution in [3.05, 3.63) is 23.3 Å². The minimum Gasteiger partial charge on any atom is -0.503 e. The van der Waals surface area contributed by atoms with E-state index in [4.69, 9.17) is 5.11 Å². The van der Waals surface area contributed by atoms with Gasteiger partial charge in [0.1, 0.15) is 0 Å². The fraction of sp³-hybridized carbons (Fsp3) is 0.400. The van der Waals surface area contributed by atoms with Gasteiger partial charge >= 0.3 is 5.97 Å². The number of hydrogen-bond acceptors (Lipinski definition) is 4. The highest BCUT2D eigenvalue weighted by molar-refractivity contribution is 5.73. The zero-order chi connectivity index (χ0) is 13.0. The number of rotatable bonds is 4. The van der Waals surface area contributed by atoms with Crippen molar-refractivity contribution >= 4 is 5.97 Å². The van der Waals surface area contributed by atoms with E-state index in [9.17, 15) is 18.0 Å². The summed E-state index contributed by atoms with van der Waals surface area (Å²) in [5, 5.41) is 9.12. The number of carbonyl (C=O) groups is 1. The summed E-state index contributed by atoms with van der Waals surface area (Å²) < 4.78 is 42.6. The van der Waals surface area contributed by atoms with Gasteiger partial charge in [0.2, 0.25) is 0 Å². The van der Waals surface area contributed by atoms with Crippen LogP contribution in [0.3, 0.4) is 0 Å². The maximum Gasteiger partial charge on any atom is 0.310 e. The van der Waals surface area contributed by atoms with Crippen LogP contribution >= 0.6 is 0 Å². The molecule has 1 aromatic rings. The van der Waals surface area contributed by atoms with E-state index in [2.05, 4.69) is 9.72 Å². The van der Waals surface area contributed by atoms with E-state index in [1.165, 1.54) is 0 Å². The number of ether oxygens (including phenoxy) is 1. The number of pyridine rings is 1. The van der Waals surface area contributed by atoms with Gasteiger partial charge in [-0.15, -0.1) is 0 Å². The van der Waals surface area contributed by atoms with E-state index in [0.717, 1.165) is 6.20 Å². The van der Waals surface area contributed by atoms with Crippen LogP contribution in [0.15, 0.2) is 6.20 Å². The standard InChI is InChI=1S/C10H10F3NO3/c1-2-17-6(15)3-5-4-14-10(13)8(16)7(5)9(11)12/h4,9,16H,2-3H2,1H3. The van der Waals surface area contributed by atoms with Crippen molar-refractivity contribution in [3.8, 4) is 5.75 Å². The number of nitrogens with zero attached hydrogens (tertiary/aromatic N) is 1. The van der Waals surface area contributed by atoms with Crippen LogP contribution in [0.4, 0.5) is 13.2 Å². The Morgan fingerprint density at radius 1 is 1.59 bits per heavy atom. The van der Waals surface area contributed by atoms with Gasteiger partial charge in [-0.1, -0.05) is 0 Å². The van der Waals surface area contributed by atoms with Crippen LogP contribution in [-0.4, -0.2) is 22.7 Å². The van der Waals surface area contributed by atoms with Gasteiger partial charge in [-0.25, -0.2) is 13.8 Å². The van der Waals surface area contributed by atoms with E-state index < -0.39 is 36.1 Å². The first-order chi connectivity index (χ1) is 7.97. The Morgan fingerprint density at radius 2 is 2.24 bits per heavy atom. The Morgan fingerprint density at radius 3 is 2.76 bits per heavy atom. The summed E-state index contributed by atoms with van der Waals surface area (Å²) in [7, 11) is 0. The highest BCUT2D eigenvalue weighted by Crippen LogP contribution is 2.32. The van der Waals surface area contributed by atoms with Crippen molar-refractivity contribution in [2.45, 2.75) is 19.8 Å². The van der Waals surface area contributed by atoms with Crippen molar-refractivity contribution in [2.24, 2.45) is 0 Å². The van der Waals surface area contributed by atoms with Gasteiger partial charge in [-0.2, -0.15) is 4.39 Å². The lowest BCUT2D eigenvalue weighted by Crippen LogP contribution is -2.10. The summed E-state index contributed by atoms with van der Waals surface area (Å²) in [6.45, 7) is 1.66. The van der Waals surface area contributed by atoms with Gasteiger partial charge in [0.05, 0.1) is 18.6 Å². The predicted molar refractivity (Wildman–Crippen MR) is 51.2 cm³/mol. The van der Waals surface area contributed by atoms with Crippen LogP contribution in [0.5, 0.6) is 5.75 Å². The molecule has 4 nitrogen and oxygen atoms in total. The zero-order valence-electron chi connectivity index (χ0n) is 8.91. The van der Waals surface area contributed by atoms with Crippen molar-refractivity contribution in [3.63, 3.8) is 0 Å². The fourth-order valence-electron chi connectivity index (χ4n) is 1.28.